The number of allylic oxidation sites excluding steroid dienone is 2. The zero-order valence-electron chi connectivity index (χ0n) is 15.5. The van der Waals surface area contributed by atoms with E-state index in [1.807, 2.05) is 52.2 Å². The molecule has 0 atom stereocenters. The van der Waals surface area contributed by atoms with E-state index in [1.54, 1.807) is 6.08 Å². The molecule has 0 saturated carbocycles. The van der Waals surface area contributed by atoms with Gasteiger partial charge in [-0.25, -0.2) is 13.8 Å². The molecule has 0 bridgehead atoms. The molecule has 1 aromatic heterocycles. The molecule has 0 N–H and O–H groups in total. The molecule has 0 aromatic carbocycles. The summed E-state index contributed by atoms with van der Waals surface area (Å²) in [5, 5.41) is 0.932. The third-order valence-electron chi connectivity index (χ3n) is 4.34. The van der Waals surface area contributed by atoms with Crippen LogP contribution in [-0.2, 0) is 10.4 Å². The maximum absolute atomic E-state index is 14.8. The van der Waals surface area contributed by atoms with Crippen LogP contribution < -0.4 is 10.7 Å². The van der Waals surface area contributed by atoms with Crippen LogP contribution in [0.2, 0.25) is 0 Å². The first-order chi connectivity index (χ1) is 11.3. The second-order valence-electron chi connectivity index (χ2n) is 6.72. The van der Waals surface area contributed by atoms with Gasteiger partial charge in [0.25, 0.3) is 0 Å². The molecule has 3 rings (SSSR count). The van der Waals surface area contributed by atoms with E-state index in [-0.39, 0.29) is 42.2 Å². The van der Waals surface area contributed by atoms with Crippen molar-refractivity contribution in [2.45, 2.75) is 59.7 Å². The van der Waals surface area contributed by atoms with Crippen molar-refractivity contribution in [3.63, 3.8) is 0 Å². The fraction of sp³-hybridized carbons (Fsp3) is 0.632. The number of imidazole rings is 1. The molecule has 0 amide bonds. The van der Waals surface area contributed by atoms with E-state index in [2.05, 4.69) is 4.98 Å². The lowest BCUT2D eigenvalue weighted by Gasteiger charge is -2.34. The largest absolute Gasteiger partial charge is 0.374 e. The van der Waals surface area contributed by atoms with Crippen molar-refractivity contribution in [1.82, 2.24) is 9.55 Å². The van der Waals surface area contributed by atoms with Crippen molar-refractivity contribution in [1.29, 1.82) is 0 Å². The summed E-state index contributed by atoms with van der Waals surface area (Å²) in [6.45, 7) is 12.0. The first kappa shape index (κ1) is 18.8. The van der Waals surface area contributed by atoms with Gasteiger partial charge in [0.1, 0.15) is 5.35 Å². The van der Waals surface area contributed by atoms with E-state index in [0.29, 0.717) is 11.8 Å². The van der Waals surface area contributed by atoms with E-state index < -0.39 is 5.67 Å². The topological polar surface area (TPSA) is 27.1 Å². The Morgan fingerprint density at radius 3 is 2.29 bits per heavy atom. The van der Waals surface area contributed by atoms with Gasteiger partial charge in [-0.3, -0.25) is 0 Å². The van der Waals surface area contributed by atoms with Crippen LogP contribution in [0.3, 0.4) is 0 Å². The van der Waals surface area contributed by atoms with Gasteiger partial charge < -0.3 is 9.30 Å². The SMILES string of the molecule is CC.CC(C)C1=CC(F)=c2nc(C3(F)COC3)n(C(C)C)c2=CC1. The van der Waals surface area contributed by atoms with Gasteiger partial charge in [-0.15, -0.1) is 0 Å². The van der Waals surface area contributed by atoms with Crippen LogP contribution in [0.1, 0.15) is 59.8 Å². The molecule has 0 spiro atoms. The molecule has 0 radical (unpaired) electrons. The van der Waals surface area contributed by atoms with Crippen molar-refractivity contribution >= 4 is 11.9 Å². The first-order valence-electron chi connectivity index (χ1n) is 8.79. The van der Waals surface area contributed by atoms with E-state index in [4.69, 9.17) is 4.74 Å². The van der Waals surface area contributed by atoms with Crippen molar-refractivity contribution < 1.29 is 13.5 Å². The highest BCUT2D eigenvalue weighted by Gasteiger charge is 2.45. The Labute approximate surface area is 142 Å². The Kier molecular flexibility index (Phi) is 5.63. The van der Waals surface area contributed by atoms with Crippen molar-refractivity contribution in [3.8, 4) is 0 Å². The molecule has 1 aliphatic heterocycles. The minimum Gasteiger partial charge on any atom is -0.374 e. The summed E-state index contributed by atoms with van der Waals surface area (Å²) in [7, 11) is 0. The Morgan fingerprint density at radius 2 is 1.83 bits per heavy atom. The highest BCUT2D eigenvalue weighted by molar-refractivity contribution is 5.53. The van der Waals surface area contributed by atoms with E-state index >= 15 is 0 Å². The molecule has 134 valence electrons. The number of nitrogens with zero attached hydrogens (tertiary/aromatic N) is 2. The molecular formula is C19H28F2N2O. The van der Waals surface area contributed by atoms with Gasteiger partial charge in [-0.1, -0.05) is 39.3 Å². The molecule has 1 aliphatic carbocycles. The highest BCUT2D eigenvalue weighted by Crippen LogP contribution is 2.33. The third-order valence-corrected chi connectivity index (χ3v) is 4.34. The van der Waals surface area contributed by atoms with Gasteiger partial charge >= 0.3 is 0 Å². The minimum absolute atomic E-state index is 0.00382. The Hall–Kier alpha value is -1.49. The highest BCUT2D eigenvalue weighted by atomic mass is 19.1. The van der Waals surface area contributed by atoms with Crippen LogP contribution >= 0.6 is 0 Å². The Bertz CT molecular complexity index is 740. The predicted octanol–water partition coefficient (Wildman–Crippen LogP) is 3.53. The number of ether oxygens (including phenoxy) is 1. The molecule has 1 saturated heterocycles. The Balaban J connectivity index is 0.00000100. The molecule has 1 fully saturated rings. The van der Waals surface area contributed by atoms with Crippen molar-refractivity contribution in [2.75, 3.05) is 13.2 Å². The van der Waals surface area contributed by atoms with E-state index in [9.17, 15) is 8.78 Å². The van der Waals surface area contributed by atoms with Gasteiger partial charge in [0.15, 0.2) is 11.7 Å². The third kappa shape index (κ3) is 3.18. The zero-order chi connectivity index (χ0) is 18.1. The van der Waals surface area contributed by atoms with Gasteiger partial charge in [0.2, 0.25) is 5.67 Å². The fourth-order valence-electron chi connectivity index (χ4n) is 2.97. The van der Waals surface area contributed by atoms with Gasteiger partial charge in [0, 0.05) is 6.04 Å². The number of halogens is 2. The number of rotatable bonds is 3. The standard InChI is InChI=1S/C17H22F2N2O.C2H6/c1-10(2)12-5-6-14-15(13(18)7-12)20-16(21(14)11(3)4)17(19)8-22-9-17;1-2/h6-7,10-11H,5,8-9H2,1-4H3;1-2H3. The Morgan fingerprint density at radius 1 is 1.21 bits per heavy atom. The van der Waals surface area contributed by atoms with Crippen molar-refractivity contribution in [2.24, 2.45) is 5.92 Å². The van der Waals surface area contributed by atoms with Crippen molar-refractivity contribution in [3.05, 3.63) is 28.2 Å². The average Bonchev–Trinajstić information content (AvgIpc) is 2.83. The molecule has 0 unspecified atom stereocenters. The molecule has 5 heteroatoms. The summed E-state index contributed by atoms with van der Waals surface area (Å²) in [6.07, 6.45) is 4.18. The summed E-state index contributed by atoms with van der Waals surface area (Å²) in [5.74, 6) is 0.175. The summed E-state index contributed by atoms with van der Waals surface area (Å²) < 4.78 is 36.2. The maximum atomic E-state index is 14.8. The minimum atomic E-state index is -1.60. The van der Waals surface area contributed by atoms with Gasteiger partial charge in [-0.2, -0.15) is 0 Å². The number of fused-ring (bicyclic) bond motifs is 1. The van der Waals surface area contributed by atoms with E-state index in [0.717, 1.165) is 5.57 Å². The molecular weight excluding hydrogens is 310 g/mol. The number of hydrogen-bond donors (Lipinski definition) is 0. The molecule has 2 heterocycles. The summed E-state index contributed by atoms with van der Waals surface area (Å²) in [6, 6.07) is 0.00382. The molecule has 1 aromatic rings. The normalized spacial score (nSPS) is 18.9. The van der Waals surface area contributed by atoms with Crippen LogP contribution in [0.25, 0.3) is 11.9 Å². The second kappa shape index (κ2) is 7.18. The second-order valence-corrected chi connectivity index (χ2v) is 6.72. The summed E-state index contributed by atoms with van der Waals surface area (Å²) in [5.41, 5.74) is -0.580. The lowest BCUT2D eigenvalue weighted by molar-refractivity contribution is -0.141. The summed E-state index contributed by atoms with van der Waals surface area (Å²) >= 11 is 0. The first-order valence-corrected chi connectivity index (χ1v) is 8.79. The fourth-order valence-corrected chi connectivity index (χ4v) is 2.97. The smallest absolute Gasteiger partial charge is 0.214 e. The zero-order valence-corrected chi connectivity index (χ0v) is 15.5. The van der Waals surface area contributed by atoms with Crippen LogP contribution in [0.5, 0.6) is 0 Å². The lowest BCUT2D eigenvalue weighted by Crippen LogP contribution is -2.45. The molecule has 24 heavy (non-hydrogen) atoms. The van der Waals surface area contributed by atoms with E-state index in [1.165, 1.54) is 0 Å². The maximum Gasteiger partial charge on any atom is 0.214 e. The number of aromatic nitrogens is 2. The summed E-state index contributed by atoms with van der Waals surface area (Å²) in [4.78, 5) is 4.32. The monoisotopic (exact) mass is 338 g/mol. The molecule has 2 aliphatic rings. The van der Waals surface area contributed by atoms with Crippen LogP contribution in [0.15, 0.2) is 11.6 Å². The predicted molar refractivity (Wildman–Crippen MR) is 93.3 cm³/mol. The van der Waals surface area contributed by atoms with Gasteiger partial charge in [0.05, 0.1) is 18.6 Å². The van der Waals surface area contributed by atoms with Crippen LogP contribution in [0.4, 0.5) is 8.78 Å². The number of alkyl halides is 1. The molecule has 3 nitrogen and oxygen atoms in total. The lowest BCUT2D eigenvalue weighted by atomic mass is 10.00. The van der Waals surface area contributed by atoms with Crippen LogP contribution in [0, 0.1) is 5.92 Å². The quantitative estimate of drug-likeness (QED) is 0.843. The number of hydrogen-bond acceptors (Lipinski definition) is 2. The van der Waals surface area contributed by atoms with Crippen LogP contribution in [-0.4, -0.2) is 22.8 Å². The van der Waals surface area contributed by atoms with Gasteiger partial charge in [-0.05, 0) is 32.3 Å². The average molecular weight is 338 g/mol.